The van der Waals surface area contributed by atoms with Crippen molar-refractivity contribution >= 4 is 27.2 Å². The van der Waals surface area contributed by atoms with E-state index in [1.165, 1.54) is 12.8 Å². The summed E-state index contributed by atoms with van der Waals surface area (Å²) in [5.74, 6) is 7.17. The maximum absolute atomic E-state index is 11.8. The highest BCUT2D eigenvalue weighted by Crippen LogP contribution is 2.46. The van der Waals surface area contributed by atoms with Crippen LogP contribution in [0.15, 0.2) is 40.7 Å². The number of nitrogens with two attached hydrogens (primary N) is 1. The molecule has 1 spiro atoms. The molecule has 0 bridgehead atoms. The molecule has 0 amide bonds. The van der Waals surface area contributed by atoms with E-state index in [0.29, 0.717) is 12.3 Å². The molecule has 2 aromatic rings. The average molecular weight is 427 g/mol. The first-order chi connectivity index (χ1) is 13.7. The fourth-order valence-corrected chi connectivity index (χ4v) is 7.08. The number of hydrogen-bond donors (Lipinski definition) is 1. The van der Waals surface area contributed by atoms with Gasteiger partial charge in [-0.05, 0) is 54.5 Å². The molecule has 2 fully saturated rings. The third-order valence-electron chi connectivity index (χ3n) is 5.63. The van der Waals surface area contributed by atoms with Gasteiger partial charge in [-0.25, -0.2) is 13.4 Å². The maximum atomic E-state index is 11.8. The smallest absolute Gasteiger partial charge is 0.283 e. The van der Waals surface area contributed by atoms with Crippen LogP contribution in [0.2, 0.25) is 0 Å². The lowest BCUT2D eigenvalue weighted by molar-refractivity contribution is 0.0326. The molecule has 5 rings (SSSR count). The zero-order valence-corrected chi connectivity index (χ0v) is 17.8. The highest BCUT2D eigenvalue weighted by Gasteiger charge is 2.57. The Hall–Kier alpha value is -2.30. The van der Waals surface area contributed by atoms with E-state index in [-0.39, 0.29) is 17.5 Å². The summed E-state index contributed by atoms with van der Waals surface area (Å²) in [5, 5.41) is 2.11. The topological polar surface area (TPSA) is 81.8 Å². The maximum Gasteiger partial charge on any atom is 0.283 e. The van der Waals surface area contributed by atoms with Crippen molar-refractivity contribution in [1.29, 1.82) is 0 Å². The second-order valence-electron chi connectivity index (χ2n) is 8.54. The van der Waals surface area contributed by atoms with Gasteiger partial charge >= 0.3 is 0 Å². The third kappa shape index (κ3) is 3.67. The molecule has 29 heavy (non-hydrogen) atoms. The van der Waals surface area contributed by atoms with Gasteiger partial charge in [-0.15, -0.1) is 11.3 Å². The number of nitrogens with zero attached hydrogens (tertiary/aromatic N) is 1. The minimum absolute atomic E-state index is 0.00571. The summed E-state index contributed by atoms with van der Waals surface area (Å²) in [4.78, 5) is 5.61. The lowest BCUT2D eigenvalue weighted by Crippen LogP contribution is -2.62. The minimum Gasteiger partial charge on any atom is -0.457 e. The molecular formula is C22H22N2O3S2. The molecule has 0 radical (unpaired) electrons. The van der Waals surface area contributed by atoms with Crippen LogP contribution in [0.3, 0.4) is 0 Å². The average Bonchev–Trinajstić information content (AvgIpc) is 3.30. The summed E-state index contributed by atoms with van der Waals surface area (Å²) in [5.41, 5.74) is 7.85. The van der Waals surface area contributed by atoms with Crippen molar-refractivity contribution in [1.82, 2.24) is 0 Å². The molecule has 1 aliphatic carbocycles. The van der Waals surface area contributed by atoms with Gasteiger partial charge in [-0.1, -0.05) is 24.0 Å². The van der Waals surface area contributed by atoms with Crippen LogP contribution in [0.4, 0.5) is 0 Å². The SMILES string of the molecule is CC1(c2cc(-c3cccc(C#CC4CC4)c3)cs2)CC2(CS(=O)(=O)C2)OC(N)=N1. The summed E-state index contributed by atoms with van der Waals surface area (Å²) < 4.78 is 29.2. The molecule has 3 aliphatic rings. The normalized spacial score (nSPS) is 26.6. The van der Waals surface area contributed by atoms with E-state index >= 15 is 0 Å². The largest absolute Gasteiger partial charge is 0.457 e. The van der Waals surface area contributed by atoms with Gasteiger partial charge in [-0.3, -0.25) is 0 Å². The van der Waals surface area contributed by atoms with Crippen molar-refractivity contribution in [3.05, 3.63) is 46.2 Å². The Balaban J connectivity index is 1.43. The first kappa shape index (κ1) is 18.7. The van der Waals surface area contributed by atoms with Crippen molar-refractivity contribution in [3.8, 4) is 23.0 Å². The van der Waals surface area contributed by atoms with Gasteiger partial charge in [0.2, 0.25) is 0 Å². The molecular weight excluding hydrogens is 404 g/mol. The highest BCUT2D eigenvalue weighted by atomic mass is 32.2. The van der Waals surface area contributed by atoms with Gasteiger partial charge in [0.05, 0.1) is 11.5 Å². The van der Waals surface area contributed by atoms with Gasteiger partial charge in [-0.2, -0.15) is 0 Å². The second-order valence-corrected chi connectivity index (χ2v) is 11.5. The van der Waals surface area contributed by atoms with Crippen molar-refractivity contribution < 1.29 is 13.2 Å². The number of thiophene rings is 1. The van der Waals surface area contributed by atoms with Crippen LogP contribution < -0.4 is 5.73 Å². The molecule has 2 aliphatic heterocycles. The Morgan fingerprint density at radius 3 is 2.76 bits per heavy atom. The zero-order valence-electron chi connectivity index (χ0n) is 16.1. The quantitative estimate of drug-likeness (QED) is 0.747. The molecule has 2 N–H and O–H groups in total. The van der Waals surface area contributed by atoms with Gasteiger partial charge in [0.1, 0.15) is 11.1 Å². The molecule has 1 saturated heterocycles. The van der Waals surface area contributed by atoms with Crippen LogP contribution in [0, 0.1) is 17.8 Å². The van der Waals surface area contributed by atoms with Crippen LogP contribution in [0.1, 0.15) is 36.6 Å². The Morgan fingerprint density at radius 2 is 2.03 bits per heavy atom. The van der Waals surface area contributed by atoms with Crippen LogP contribution in [0.5, 0.6) is 0 Å². The van der Waals surface area contributed by atoms with Crippen LogP contribution in [-0.4, -0.2) is 31.5 Å². The number of benzene rings is 1. The molecule has 1 atom stereocenters. The van der Waals surface area contributed by atoms with E-state index in [0.717, 1.165) is 21.6 Å². The van der Waals surface area contributed by atoms with Crippen molar-refractivity contribution in [2.24, 2.45) is 16.6 Å². The number of amidine groups is 1. The molecule has 1 aromatic carbocycles. The lowest BCUT2D eigenvalue weighted by Gasteiger charge is -2.47. The zero-order chi connectivity index (χ0) is 20.3. The molecule has 1 aromatic heterocycles. The van der Waals surface area contributed by atoms with Gasteiger partial charge in [0.15, 0.2) is 9.84 Å². The Labute approximate surface area is 174 Å². The van der Waals surface area contributed by atoms with Crippen molar-refractivity contribution in [2.75, 3.05) is 11.5 Å². The van der Waals surface area contributed by atoms with E-state index in [9.17, 15) is 8.42 Å². The number of rotatable bonds is 2. The van der Waals surface area contributed by atoms with Crippen LogP contribution >= 0.6 is 11.3 Å². The Bertz CT molecular complexity index is 1170. The van der Waals surface area contributed by atoms with Crippen molar-refractivity contribution in [3.63, 3.8) is 0 Å². The number of sulfone groups is 1. The van der Waals surface area contributed by atoms with E-state index < -0.39 is 21.0 Å². The lowest BCUT2D eigenvalue weighted by atomic mass is 9.85. The first-order valence-electron chi connectivity index (χ1n) is 9.70. The molecule has 150 valence electrons. The fourth-order valence-electron chi connectivity index (χ4n) is 4.21. The van der Waals surface area contributed by atoms with Crippen LogP contribution in [-0.2, 0) is 20.1 Å². The number of aliphatic imine (C=N–C) groups is 1. The van der Waals surface area contributed by atoms with Crippen molar-refractivity contribution in [2.45, 2.75) is 37.3 Å². The molecule has 3 heterocycles. The van der Waals surface area contributed by atoms with E-state index in [2.05, 4.69) is 40.4 Å². The first-order valence-corrected chi connectivity index (χ1v) is 12.4. The number of ether oxygens (including phenoxy) is 1. The standard InChI is InChI=1S/C22H22N2O3S2/c1-21(12-22(27-20(23)24-21)13-29(25,26)14-22)19-10-18(11-28-19)17-4-2-3-16(9-17)8-7-15-5-6-15/h2-4,9-11,15H,5-6,12-14H2,1H3,(H2,23,24). The predicted octanol–water partition coefficient (Wildman–Crippen LogP) is 3.29. The fraction of sp³-hybridized carbons (Fsp3) is 0.409. The van der Waals surface area contributed by atoms with Crippen LogP contribution in [0.25, 0.3) is 11.1 Å². The van der Waals surface area contributed by atoms with Gasteiger partial charge in [0, 0.05) is 22.8 Å². The second kappa shape index (κ2) is 6.35. The summed E-state index contributed by atoms with van der Waals surface area (Å²) >= 11 is 1.62. The van der Waals surface area contributed by atoms with E-state index in [1.807, 2.05) is 19.1 Å². The van der Waals surface area contributed by atoms with E-state index in [4.69, 9.17) is 10.5 Å². The van der Waals surface area contributed by atoms with E-state index in [1.54, 1.807) is 11.3 Å². The highest BCUT2D eigenvalue weighted by molar-refractivity contribution is 7.93. The summed E-state index contributed by atoms with van der Waals surface area (Å²) in [6.07, 6.45) is 2.94. The predicted molar refractivity (Wildman–Crippen MR) is 115 cm³/mol. The third-order valence-corrected chi connectivity index (χ3v) is 8.75. The molecule has 5 nitrogen and oxygen atoms in total. The minimum atomic E-state index is -3.04. The van der Waals surface area contributed by atoms with Gasteiger partial charge < -0.3 is 10.5 Å². The number of hydrogen-bond acceptors (Lipinski definition) is 6. The molecule has 1 saturated carbocycles. The molecule has 1 unspecified atom stereocenters. The van der Waals surface area contributed by atoms with Gasteiger partial charge in [0.25, 0.3) is 6.02 Å². The monoisotopic (exact) mass is 426 g/mol. The molecule has 7 heteroatoms. The summed E-state index contributed by atoms with van der Waals surface area (Å²) in [6.45, 7) is 2.00. The Morgan fingerprint density at radius 1 is 1.24 bits per heavy atom. The Kier molecular flexibility index (Phi) is 4.10. The summed E-state index contributed by atoms with van der Waals surface area (Å²) in [7, 11) is -3.04. The summed E-state index contributed by atoms with van der Waals surface area (Å²) in [6, 6.07) is 10.5.